The third-order valence-electron chi connectivity index (χ3n) is 11.3. The molecule has 6 nitrogen and oxygen atoms in total. The van der Waals surface area contributed by atoms with Gasteiger partial charge in [-0.1, -0.05) is 226 Å². The summed E-state index contributed by atoms with van der Waals surface area (Å²) in [6.07, 6.45) is 70.1. The molecule has 0 saturated carbocycles. The zero-order valence-electron chi connectivity index (χ0n) is 42.1. The van der Waals surface area contributed by atoms with Crippen LogP contribution in [0.3, 0.4) is 0 Å². The number of nitrogens with one attached hydrogen (secondary N) is 1. The molecule has 3 unspecified atom stereocenters. The molecular weight excluding hydrogens is 803 g/mol. The number of carbonyl (C=O) groups excluding carboxylic acids is 2. The Kier molecular flexibility index (Phi) is 48.7. The molecule has 0 aromatic rings. The van der Waals surface area contributed by atoms with Gasteiger partial charge in [-0.3, -0.25) is 9.59 Å². The van der Waals surface area contributed by atoms with Gasteiger partial charge in [0.2, 0.25) is 5.91 Å². The van der Waals surface area contributed by atoms with E-state index < -0.39 is 18.2 Å². The molecule has 0 aliphatic heterocycles. The summed E-state index contributed by atoms with van der Waals surface area (Å²) in [6, 6.07) is -0.738. The van der Waals surface area contributed by atoms with E-state index in [1.807, 2.05) is 0 Å². The van der Waals surface area contributed by atoms with Crippen molar-refractivity contribution < 1.29 is 24.5 Å². The number of aliphatic hydroxyl groups is 2. The molecule has 0 aromatic heterocycles. The first kappa shape index (κ1) is 61.5. The molecule has 370 valence electrons. The van der Waals surface area contributed by atoms with Crippen LogP contribution >= 0.6 is 0 Å². The minimum Gasteiger partial charge on any atom is -0.462 e. The van der Waals surface area contributed by atoms with Crippen molar-refractivity contribution >= 4 is 11.9 Å². The Morgan fingerprint density at radius 1 is 0.462 bits per heavy atom. The van der Waals surface area contributed by atoms with Gasteiger partial charge in [0.05, 0.1) is 25.2 Å². The van der Waals surface area contributed by atoms with Crippen LogP contribution in [0.25, 0.3) is 0 Å². The maximum absolute atomic E-state index is 13.2. The lowest BCUT2D eigenvalue weighted by atomic mass is 10.0. The van der Waals surface area contributed by atoms with Gasteiger partial charge in [0.1, 0.15) is 6.10 Å². The number of aliphatic hydroxyl groups excluding tert-OH is 2. The highest BCUT2D eigenvalue weighted by atomic mass is 16.5. The van der Waals surface area contributed by atoms with E-state index in [0.717, 1.165) is 96.3 Å². The topological polar surface area (TPSA) is 95.9 Å². The Labute approximate surface area is 400 Å². The van der Waals surface area contributed by atoms with Gasteiger partial charge in [-0.25, -0.2) is 0 Å². The van der Waals surface area contributed by atoms with E-state index in [2.05, 4.69) is 135 Å². The fourth-order valence-corrected chi connectivity index (χ4v) is 7.40. The molecule has 0 aromatic carbocycles. The van der Waals surface area contributed by atoms with Gasteiger partial charge in [-0.15, -0.1) is 0 Å². The SMILES string of the molecule is CC/C=C\C/C=C\C/C=C\C/C=C\C/C=C\CCCC(=O)OC(CCC/C=C/C/C=C/C/C=C/C/C=C/CC)CC(=O)NC(CO)C(O)CCCCCCCCCCCCCCCCC. The number of carbonyl (C=O) groups is 2. The van der Waals surface area contributed by atoms with Gasteiger partial charge < -0.3 is 20.3 Å². The molecule has 3 atom stereocenters. The minimum atomic E-state index is -0.818. The lowest BCUT2D eigenvalue weighted by molar-refractivity contribution is -0.151. The Balaban J connectivity index is 4.74. The van der Waals surface area contributed by atoms with Crippen LogP contribution in [0.1, 0.15) is 226 Å². The molecule has 6 heteroatoms. The summed E-state index contributed by atoms with van der Waals surface area (Å²) in [6.45, 7) is 6.22. The summed E-state index contributed by atoms with van der Waals surface area (Å²) in [5.41, 5.74) is 0. The van der Waals surface area contributed by atoms with Gasteiger partial charge in [0.15, 0.2) is 0 Å². The molecule has 0 bridgehead atoms. The molecule has 3 N–H and O–H groups in total. The van der Waals surface area contributed by atoms with Crippen molar-refractivity contribution in [3.63, 3.8) is 0 Å². The van der Waals surface area contributed by atoms with Crippen molar-refractivity contribution in [3.8, 4) is 0 Å². The van der Waals surface area contributed by atoms with Crippen molar-refractivity contribution in [2.45, 2.75) is 244 Å². The highest BCUT2D eigenvalue weighted by Crippen LogP contribution is 2.16. The summed E-state index contributed by atoms with van der Waals surface area (Å²) in [5.74, 6) is -0.606. The van der Waals surface area contributed by atoms with Crippen LogP contribution in [0, 0.1) is 0 Å². The third kappa shape index (κ3) is 46.8. The van der Waals surface area contributed by atoms with E-state index in [4.69, 9.17) is 4.74 Å². The number of rotatable bonds is 46. The lowest BCUT2D eigenvalue weighted by Crippen LogP contribution is -2.46. The molecule has 0 aliphatic rings. The molecule has 0 saturated heterocycles. The van der Waals surface area contributed by atoms with Crippen molar-refractivity contribution in [2.75, 3.05) is 6.61 Å². The van der Waals surface area contributed by atoms with Crippen LogP contribution in [-0.4, -0.2) is 46.9 Å². The first-order valence-corrected chi connectivity index (χ1v) is 26.6. The maximum Gasteiger partial charge on any atom is 0.306 e. The van der Waals surface area contributed by atoms with E-state index in [-0.39, 0.29) is 24.9 Å². The highest BCUT2D eigenvalue weighted by Gasteiger charge is 2.24. The van der Waals surface area contributed by atoms with Crippen molar-refractivity contribution in [2.24, 2.45) is 0 Å². The summed E-state index contributed by atoms with van der Waals surface area (Å²) in [4.78, 5) is 26.2. The molecule has 0 aliphatic carbocycles. The van der Waals surface area contributed by atoms with Gasteiger partial charge in [-0.05, 0) is 96.3 Å². The van der Waals surface area contributed by atoms with Crippen LogP contribution in [-0.2, 0) is 14.3 Å². The van der Waals surface area contributed by atoms with E-state index in [1.165, 1.54) is 77.0 Å². The van der Waals surface area contributed by atoms with E-state index in [9.17, 15) is 19.8 Å². The Hall–Kier alpha value is -3.48. The number of allylic oxidation sites excluding steroid dienone is 18. The molecular formula is C59H99NO5. The number of hydrogen-bond donors (Lipinski definition) is 3. The number of esters is 1. The van der Waals surface area contributed by atoms with Crippen LogP contribution in [0.15, 0.2) is 109 Å². The van der Waals surface area contributed by atoms with Gasteiger partial charge >= 0.3 is 5.97 Å². The zero-order valence-corrected chi connectivity index (χ0v) is 42.1. The van der Waals surface area contributed by atoms with Crippen molar-refractivity contribution in [1.82, 2.24) is 5.32 Å². The smallest absolute Gasteiger partial charge is 0.306 e. The fraction of sp³-hybridized carbons (Fsp3) is 0.661. The minimum absolute atomic E-state index is 0.0108. The summed E-state index contributed by atoms with van der Waals surface area (Å²) >= 11 is 0. The quantitative estimate of drug-likeness (QED) is 0.0321. The second kappa shape index (κ2) is 51.5. The number of unbranched alkanes of at least 4 members (excludes halogenated alkanes) is 16. The summed E-state index contributed by atoms with van der Waals surface area (Å²) in [5, 5.41) is 23.8. The number of ether oxygens (including phenoxy) is 1. The van der Waals surface area contributed by atoms with Crippen LogP contribution in [0.5, 0.6) is 0 Å². The van der Waals surface area contributed by atoms with Crippen molar-refractivity contribution in [1.29, 1.82) is 0 Å². The third-order valence-corrected chi connectivity index (χ3v) is 11.3. The van der Waals surface area contributed by atoms with Gasteiger partial charge in [0, 0.05) is 6.42 Å². The number of hydrogen-bond acceptors (Lipinski definition) is 5. The molecule has 0 rings (SSSR count). The summed E-state index contributed by atoms with van der Waals surface area (Å²) in [7, 11) is 0. The fourth-order valence-electron chi connectivity index (χ4n) is 7.40. The second-order valence-electron chi connectivity index (χ2n) is 17.5. The predicted molar refractivity (Wildman–Crippen MR) is 282 cm³/mol. The molecule has 65 heavy (non-hydrogen) atoms. The Morgan fingerprint density at radius 2 is 0.831 bits per heavy atom. The predicted octanol–water partition coefficient (Wildman–Crippen LogP) is 16.3. The molecule has 0 heterocycles. The second-order valence-corrected chi connectivity index (χ2v) is 17.5. The Morgan fingerprint density at radius 3 is 1.23 bits per heavy atom. The summed E-state index contributed by atoms with van der Waals surface area (Å²) < 4.78 is 5.88. The first-order valence-electron chi connectivity index (χ1n) is 26.6. The van der Waals surface area contributed by atoms with E-state index in [0.29, 0.717) is 25.7 Å². The van der Waals surface area contributed by atoms with Gasteiger partial charge in [0.25, 0.3) is 0 Å². The normalized spacial score (nSPS) is 14.1. The first-order chi connectivity index (χ1) is 32.0. The average Bonchev–Trinajstić information content (AvgIpc) is 3.30. The maximum atomic E-state index is 13.2. The van der Waals surface area contributed by atoms with Crippen LogP contribution < -0.4 is 5.32 Å². The highest BCUT2D eigenvalue weighted by molar-refractivity contribution is 5.77. The Bertz CT molecular complexity index is 1330. The van der Waals surface area contributed by atoms with Crippen molar-refractivity contribution in [3.05, 3.63) is 109 Å². The molecule has 0 spiro atoms. The van der Waals surface area contributed by atoms with Crippen LogP contribution in [0.4, 0.5) is 0 Å². The zero-order chi connectivity index (χ0) is 47.4. The van der Waals surface area contributed by atoms with Crippen LogP contribution in [0.2, 0.25) is 0 Å². The van der Waals surface area contributed by atoms with E-state index >= 15 is 0 Å². The molecule has 1 amide bonds. The lowest BCUT2D eigenvalue weighted by Gasteiger charge is -2.24. The molecule has 0 fully saturated rings. The monoisotopic (exact) mass is 902 g/mol. The van der Waals surface area contributed by atoms with E-state index in [1.54, 1.807) is 0 Å². The number of amides is 1. The average molecular weight is 902 g/mol. The van der Waals surface area contributed by atoms with Gasteiger partial charge in [-0.2, -0.15) is 0 Å². The standard InChI is InChI=1S/C59H99NO5/c1-4-7-10-13-16-19-22-25-28-29-31-34-37-40-43-46-49-52-59(64)65-55(50-47-44-41-38-35-32-27-24-21-18-15-12-9-6-3)53-58(63)60-56(54-61)57(62)51-48-45-42-39-36-33-30-26-23-20-17-14-11-8-5-2/h7,9-10,12,16,18-19,21,25,27-28,31-32,34,38,40-41,43,55-57,61-62H,4-6,8,11,13-15,17,20,22-24,26,29-30,33,35-37,39,42,44-54H2,1-3H3,(H,60,63)/b10-7-,12-9+,19-16-,21-18+,28-25-,32-27+,34-31-,41-38+,43-40-. The largest absolute Gasteiger partial charge is 0.462 e. The molecule has 0 radical (unpaired) electrons.